The molecule has 0 atom stereocenters. The summed E-state index contributed by atoms with van der Waals surface area (Å²) in [6.07, 6.45) is 1.79. The van der Waals surface area contributed by atoms with Crippen molar-refractivity contribution in [2.75, 3.05) is 5.32 Å². The second-order valence-corrected chi connectivity index (χ2v) is 6.50. The van der Waals surface area contributed by atoms with Crippen molar-refractivity contribution in [3.05, 3.63) is 52.8 Å². The second-order valence-electron chi connectivity index (χ2n) is 5.44. The molecule has 2 heterocycles. The number of para-hydroxylation sites is 1. The average Bonchev–Trinajstić information content (AvgIpc) is 3.15. The van der Waals surface area contributed by atoms with Crippen molar-refractivity contribution < 1.29 is 4.79 Å². The molecule has 0 fully saturated rings. The number of hydrogen-bond acceptors (Lipinski definition) is 5. The number of nitrogens with zero attached hydrogens (tertiary/aromatic N) is 4. The van der Waals surface area contributed by atoms with E-state index < -0.39 is 0 Å². The molecule has 3 aromatic rings. The van der Waals surface area contributed by atoms with Crippen molar-refractivity contribution in [2.45, 2.75) is 26.7 Å². The van der Waals surface area contributed by atoms with Crippen LogP contribution < -0.4 is 5.32 Å². The van der Waals surface area contributed by atoms with E-state index in [9.17, 15) is 4.79 Å². The number of aromatic nitrogens is 4. The summed E-state index contributed by atoms with van der Waals surface area (Å²) in [6.45, 7) is 5.95. The fourth-order valence-corrected chi connectivity index (χ4v) is 2.85. The molecule has 0 aliphatic carbocycles. The van der Waals surface area contributed by atoms with Gasteiger partial charge in [0.25, 0.3) is 5.91 Å². The van der Waals surface area contributed by atoms with Crippen LogP contribution in [0.1, 0.15) is 40.8 Å². The Labute approximate surface area is 138 Å². The van der Waals surface area contributed by atoms with Crippen LogP contribution in [-0.2, 0) is 0 Å². The molecule has 0 spiro atoms. The molecule has 0 aliphatic rings. The predicted octanol–water partition coefficient (Wildman–Crippen LogP) is 3.41. The molecule has 6 nitrogen and oxygen atoms in total. The van der Waals surface area contributed by atoms with E-state index in [1.807, 2.05) is 30.3 Å². The maximum absolute atomic E-state index is 12.4. The quantitative estimate of drug-likeness (QED) is 0.797. The fourth-order valence-electron chi connectivity index (χ4n) is 2.03. The van der Waals surface area contributed by atoms with E-state index in [-0.39, 0.29) is 5.91 Å². The Morgan fingerprint density at radius 3 is 2.61 bits per heavy atom. The summed E-state index contributed by atoms with van der Waals surface area (Å²) in [4.78, 5) is 19.2. The Hall–Kier alpha value is -2.54. The van der Waals surface area contributed by atoms with Crippen molar-refractivity contribution in [2.24, 2.45) is 0 Å². The number of nitrogens with one attached hydrogen (secondary N) is 1. The van der Waals surface area contributed by atoms with E-state index in [2.05, 4.69) is 34.3 Å². The molecule has 1 amide bonds. The Morgan fingerprint density at radius 1 is 1.22 bits per heavy atom. The lowest BCUT2D eigenvalue weighted by Crippen LogP contribution is -2.14. The first-order valence-corrected chi connectivity index (χ1v) is 8.12. The van der Waals surface area contributed by atoms with E-state index in [0.717, 1.165) is 10.6 Å². The SMILES string of the molecule is Cc1nn(-c2ccccc2)nc1C(=O)Nc1ncc(C(C)C)s1. The topological polar surface area (TPSA) is 72.7 Å². The van der Waals surface area contributed by atoms with Crippen LogP contribution in [0.5, 0.6) is 0 Å². The molecule has 1 N–H and O–H groups in total. The molecule has 0 radical (unpaired) electrons. The maximum Gasteiger partial charge on any atom is 0.279 e. The number of carbonyl (C=O) groups is 1. The number of amides is 1. The van der Waals surface area contributed by atoms with Crippen molar-refractivity contribution in [3.8, 4) is 5.69 Å². The molecule has 0 unspecified atom stereocenters. The first kappa shape index (κ1) is 15.4. The van der Waals surface area contributed by atoms with Gasteiger partial charge in [-0.05, 0) is 25.0 Å². The summed E-state index contributed by atoms with van der Waals surface area (Å²) < 4.78 is 0. The molecule has 3 rings (SSSR count). The smallest absolute Gasteiger partial charge is 0.279 e. The van der Waals surface area contributed by atoms with Gasteiger partial charge in [-0.2, -0.15) is 9.90 Å². The van der Waals surface area contributed by atoms with Gasteiger partial charge in [0.2, 0.25) is 0 Å². The van der Waals surface area contributed by atoms with E-state index in [4.69, 9.17) is 0 Å². The van der Waals surface area contributed by atoms with E-state index in [1.54, 1.807) is 13.1 Å². The molecule has 0 saturated carbocycles. The zero-order chi connectivity index (χ0) is 16.4. The van der Waals surface area contributed by atoms with Crippen LogP contribution in [0.25, 0.3) is 5.69 Å². The first-order valence-electron chi connectivity index (χ1n) is 7.31. The molecular formula is C16H17N5OS. The van der Waals surface area contributed by atoms with Crippen molar-refractivity contribution >= 4 is 22.4 Å². The largest absolute Gasteiger partial charge is 0.296 e. The lowest BCUT2D eigenvalue weighted by molar-refractivity contribution is 0.102. The number of hydrogen-bond donors (Lipinski definition) is 1. The molecule has 0 aliphatic heterocycles. The van der Waals surface area contributed by atoms with Gasteiger partial charge in [0.15, 0.2) is 10.8 Å². The summed E-state index contributed by atoms with van der Waals surface area (Å²) in [5.41, 5.74) is 1.69. The summed E-state index contributed by atoms with van der Waals surface area (Å²) in [6, 6.07) is 9.49. The lowest BCUT2D eigenvalue weighted by atomic mass is 10.2. The molecular weight excluding hydrogens is 310 g/mol. The van der Waals surface area contributed by atoms with Gasteiger partial charge in [-0.25, -0.2) is 4.98 Å². The van der Waals surface area contributed by atoms with Gasteiger partial charge < -0.3 is 0 Å². The lowest BCUT2D eigenvalue weighted by Gasteiger charge is -1.99. The predicted molar refractivity (Wildman–Crippen MR) is 90.3 cm³/mol. The summed E-state index contributed by atoms with van der Waals surface area (Å²) in [5, 5.41) is 12.0. The van der Waals surface area contributed by atoms with Crippen LogP contribution in [0.4, 0.5) is 5.13 Å². The fraction of sp³-hybridized carbons (Fsp3) is 0.250. The highest BCUT2D eigenvalue weighted by molar-refractivity contribution is 7.15. The maximum atomic E-state index is 12.4. The van der Waals surface area contributed by atoms with Crippen molar-refractivity contribution in [3.63, 3.8) is 0 Å². The van der Waals surface area contributed by atoms with Crippen LogP contribution in [0, 0.1) is 6.92 Å². The number of rotatable bonds is 4. The minimum absolute atomic E-state index is 0.297. The third-order valence-electron chi connectivity index (χ3n) is 3.30. The minimum atomic E-state index is -0.297. The van der Waals surface area contributed by atoms with Gasteiger partial charge in [0.1, 0.15) is 0 Å². The van der Waals surface area contributed by atoms with Crippen LogP contribution in [-0.4, -0.2) is 25.9 Å². The van der Waals surface area contributed by atoms with Gasteiger partial charge in [0.05, 0.1) is 11.4 Å². The second kappa shape index (κ2) is 6.29. The third-order valence-corrected chi connectivity index (χ3v) is 4.51. The molecule has 0 bridgehead atoms. The Bertz CT molecular complexity index is 822. The number of anilines is 1. The Kier molecular flexibility index (Phi) is 4.20. The molecule has 1 aromatic carbocycles. The summed E-state index contributed by atoms with van der Waals surface area (Å²) in [5.74, 6) is 0.0909. The Balaban J connectivity index is 1.81. The van der Waals surface area contributed by atoms with E-state index >= 15 is 0 Å². The highest BCUT2D eigenvalue weighted by atomic mass is 32.1. The molecule has 7 heteroatoms. The zero-order valence-electron chi connectivity index (χ0n) is 13.1. The van der Waals surface area contributed by atoms with E-state index in [0.29, 0.717) is 22.4 Å². The number of carbonyl (C=O) groups excluding carboxylic acids is 1. The van der Waals surface area contributed by atoms with Gasteiger partial charge in [0, 0.05) is 11.1 Å². The first-order chi connectivity index (χ1) is 11.0. The molecule has 0 saturated heterocycles. The summed E-state index contributed by atoms with van der Waals surface area (Å²) >= 11 is 1.47. The number of aryl methyl sites for hydroxylation is 1. The normalized spacial score (nSPS) is 11.0. The minimum Gasteiger partial charge on any atom is -0.296 e. The van der Waals surface area contributed by atoms with Crippen LogP contribution in [0.3, 0.4) is 0 Å². The highest BCUT2D eigenvalue weighted by Crippen LogP contribution is 2.25. The van der Waals surface area contributed by atoms with Crippen LogP contribution in [0.15, 0.2) is 36.5 Å². The highest BCUT2D eigenvalue weighted by Gasteiger charge is 2.18. The Morgan fingerprint density at radius 2 is 1.96 bits per heavy atom. The zero-order valence-corrected chi connectivity index (χ0v) is 14.0. The van der Waals surface area contributed by atoms with Gasteiger partial charge in [-0.15, -0.1) is 16.4 Å². The monoisotopic (exact) mass is 327 g/mol. The number of benzene rings is 1. The van der Waals surface area contributed by atoms with Crippen molar-refractivity contribution in [1.82, 2.24) is 20.0 Å². The van der Waals surface area contributed by atoms with Gasteiger partial charge in [-0.3, -0.25) is 10.1 Å². The van der Waals surface area contributed by atoms with Gasteiger partial charge >= 0.3 is 0 Å². The summed E-state index contributed by atoms with van der Waals surface area (Å²) in [7, 11) is 0. The van der Waals surface area contributed by atoms with Crippen LogP contribution in [0.2, 0.25) is 0 Å². The van der Waals surface area contributed by atoms with Crippen LogP contribution >= 0.6 is 11.3 Å². The average molecular weight is 327 g/mol. The molecule has 23 heavy (non-hydrogen) atoms. The van der Waals surface area contributed by atoms with Gasteiger partial charge in [-0.1, -0.05) is 32.0 Å². The van der Waals surface area contributed by atoms with Crippen molar-refractivity contribution in [1.29, 1.82) is 0 Å². The third kappa shape index (κ3) is 3.29. The number of thiazole rings is 1. The standard InChI is InChI=1S/C16H17N5OS/c1-10(2)13-9-17-16(23-13)18-15(22)14-11(3)19-21(20-14)12-7-5-4-6-8-12/h4-10H,1-3H3,(H,17,18,22). The van der Waals surface area contributed by atoms with E-state index in [1.165, 1.54) is 16.1 Å². The molecule has 2 aromatic heterocycles. The molecule has 118 valence electrons.